The summed E-state index contributed by atoms with van der Waals surface area (Å²) in [4.78, 5) is 38.1. The van der Waals surface area contributed by atoms with Crippen molar-refractivity contribution in [3.63, 3.8) is 0 Å². The van der Waals surface area contributed by atoms with Crippen LogP contribution in [0.5, 0.6) is 0 Å². The van der Waals surface area contributed by atoms with Crippen LogP contribution >= 0.6 is 0 Å². The lowest BCUT2D eigenvalue weighted by Gasteiger charge is -2.18. The summed E-state index contributed by atoms with van der Waals surface area (Å²) < 4.78 is 16.8. The Balaban J connectivity index is 4.44. The summed E-state index contributed by atoms with van der Waals surface area (Å²) in [5, 5.41) is 0. The molecule has 69 heavy (non-hydrogen) atoms. The summed E-state index contributed by atoms with van der Waals surface area (Å²) in [5.41, 5.74) is 0. The molecule has 390 valence electrons. The summed E-state index contributed by atoms with van der Waals surface area (Å²) in [6.45, 7) is 6.25. The van der Waals surface area contributed by atoms with Gasteiger partial charge < -0.3 is 14.2 Å². The summed E-state index contributed by atoms with van der Waals surface area (Å²) in [6, 6.07) is 0. The lowest BCUT2D eigenvalue weighted by atomic mass is 10.1. The maximum Gasteiger partial charge on any atom is 0.306 e. The highest BCUT2D eigenvalue weighted by atomic mass is 16.6. The maximum atomic E-state index is 12.9. The van der Waals surface area contributed by atoms with E-state index < -0.39 is 6.10 Å². The number of rotatable bonds is 49. The topological polar surface area (TPSA) is 78.9 Å². The molecule has 0 aliphatic heterocycles. The minimum absolute atomic E-state index is 0.0976. The van der Waals surface area contributed by atoms with Crippen LogP contribution in [0.15, 0.2) is 122 Å². The molecule has 0 saturated carbocycles. The molecular formula is C63H102O6. The third-order valence-electron chi connectivity index (χ3n) is 11.5. The quantitative estimate of drug-likeness (QED) is 0.0199. The van der Waals surface area contributed by atoms with E-state index in [4.69, 9.17) is 14.2 Å². The predicted octanol–water partition coefficient (Wildman–Crippen LogP) is 18.9. The van der Waals surface area contributed by atoms with Gasteiger partial charge in [-0.15, -0.1) is 0 Å². The average molecular weight is 956 g/mol. The fourth-order valence-corrected chi connectivity index (χ4v) is 7.39. The lowest BCUT2D eigenvalue weighted by Crippen LogP contribution is -2.30. The molecule has 0 radical (unpaired) electrons. The number of carbonyl (C=O) groups is 3. The van der Waals surface area contributed by atoms with Gasteiger partial charge in [-0.2, -0.15) is 0 Å². The fraction of sp³-hybridized carbons (Fsp3) is 0.635. The molecule has 6 nitrogen and oxygen atoms in total. The number of hydrogen-bond donors (Lipinski definition) is 0. The third kappa shape index (κ3) is 54.6. The van der Waals surface area contributed by atoms with Crippen molar-refractivity contribution in [1.29, 1.82) is 0 Å². The van der Waals surface area contributed by atoms with Crippen molar-refractivity contribution < 1.29 is 28.6 Å². The Morgan fingerprint density at radius 1 is 0.304 bits per heavy atom. The first-order chi connectivity index (χ1) is 34.0. The first-order valence-electron chi connectivity index (χ1n) is 28.1. The number of unbranched alkanes of at least 4 members (excludes halogenated alkanes) is 20. The summed E-state index contributed by atoms with van der Waals surface area (Å²) >= 11 is 0. The van der Waals surface area contributed by atoms with E-state index in [2.05, 4.69) is 142 Å². The van der Waals surface area contributed by atoms with Crippen molar-refractivity contribution >= 4 is 17.9 Å². The highest BCUT2D eigenvalue weighted by Crippen LogP contribution is 2.14. The second kappa shape index (κ2) is 56.4. The van der Waals surface area contributed by atoms with Crippen molar-refractivity contribution in [3.8, 4) is 0 Å². The van der Waals surface area contributed by atoms with E-state index in [0.29, 0.717) is 19.3 Å². The SMILES string of the molecule is CC\C=C/C=C\C=C/CCCCCCCC(=O)OCC(COC(=O)CCCCCCCC/C=C\C/C=C\C/C=C\C/C=C\CC)OC(=O)CCCCCCCCCCC/C=C\C/C=C\C/C=C\CC. The molecule has 0 amide bonds. The second-order valence-electron chi connectivity index (χ2n) is 18.1. The smallest absolute Gasteiger partial charge is 0.306 e. The number of hydrogen-bond acceptors (Lipinski definition) is 6. The monoisotopic (exact) mass is 955 g/mol. The minimum Gasteiger partial charge on any atom is -0.462 e. The molecular weight excluding hydrogens is 853 g/mol. The first-order valence-corrected chi connectivity index (χ1v) is 28.1. The fourth-order valence-electron chi connectivity index (χ4n) is 7.39. The van der Waals surface area contributed by atoms with Gasteiger partial charge in [0.1, 0.15) is 13.2 Å². The van der Waals surface area contributed by atoms with Crippen LogP contribution < -0.4 is 0 Å². The van der Waals surface area contributed by atoms with Gasteiger partial charge in [0, 0.05) is 19.3 Å². The van der Waals surface area contributed by atoms with Crippen molar-refractivity contribution in [2.45, 2.75) is 245 Å². The standard InChI is InChI=1S/C63H102O6/c1-4-7-10-13-16-19-22-25-27-29-31-33-35-38-41-44-47-50-53-56-62(65)68-59-60(58-67-61(64)55-52-49-46-43-40-37-24-21-18-15-12-9-6-3)69-63(66)57-54-51-48-45-42-39-36-34-32-30-28-26-23-20-17-14-11-8-5-2/h7-12,15-21,24-28,31,33,60H,4-6,13-14,22-23,29-30,32,34-59H2,1-3H3/b10-7-,11-8-,12-9-,18-15-,19-16-,20-17-,24-21-,27-25-,28-26-,33-31-. The van der Waals surface area contributed by atoms with Gasteiger partial charge in [0.05, 0.1) is 0 Å². The van der Waals surface area contributed by atoms with Crippen molar-refractivity contribution in [2.24, 2.45) is 0 Å². The van der Waals surface area contributed by atoms with Crippen LogP contribution in [-0.2, 0) is 28.6 Å². The van der Waals surface area contributed by atoms with E-state index in [0.717, 1.165) is 148 Å². The molecule has 1 unspecified atom stereocenters. The summed E-state index contributed by atoms with van der Waals surface area (Å²) in [6.07, 6.45) is 77.6. The van der Waals surface area contributed by atoms with Crippen LogP contribution in [-0.4, -0.2) is 37.2 Å². The molecule has 1 atom stereocenters. The van der Waals surface area contributed by atoms with Gasteiger partial charge in [0.15, 0.2) is 6.10 Å². The Kier molecular flexibility index (Phi) is 53.0. The zero-order chi connectivity index (χ0) is 50.0. The van der Waals surface area contributed by atoms with Gasteiger partial charge in [-0.3, -0.25) is 14.4 Å². The number of ether oxygens (including phenoxy) is 3. The van der Waals surface area contributed by atoms with Crippen LogP contribution in [0.2, 0.25) is 0 Å². The molecule has 0 fully saturated rings. The summed E-state index contributed by atoms with van der Waals surface area (Å²) in [5.74, 6) is -0.939. The molecule has 0 bridgehead atoms. The summed E-state index contributed by atoms with van der Waals surface area (Å²) in [7, 11) is 0. The minimum atomic E-state index is -0.800. The predicted molar refractivity (Wildman–Crippen MR) is 297 cm³/mol. The molecule has 0 aromatic carbocycles. The first kappa shape index (κ1) is 64.8. The van der Waals surface area contributed by atoms with Crippen LogP contribution in [0, 0.1) is 0 Å². The van der Waals surface area contributed by atoms with Gasteiger partial charge >= 0.3 is 17.9 Å². The van der Waals surface area contributed by atoms with E-state index in [1.807, 2.05) is 0 Å². The molecule has 0 N–H and O–H groups in total. The van der Waals surface area contributed by atoms with E-state index in [9.17, 15) is 14.4 Å². The molecule has 0 aromatic heterocycles. The number of esters is 3. The maximum absolute atomic E-state index is 12.9. The Labute approximate surface area is 424 Å². The molecule has 0 spiro atoms. The number of carbonyl (C=O) groups excluding carboxylic acids is 3. The Morgan fingerprint density at radius 2 is 0.594 bits per heavy atom. The van der Waals surface area contributed by atoms with Crippen LogP contribution in [0.4, 0.5) is 0 Å². The van der Waals surface area contributed by atoms with E-state index in [1.54, 1.807) is 0 Å². The Morgan fingerprint density at radius 3 is 0.971 bits per heavy atom. The average Bonchev–Trinajstić information content (AvgIpc) is 3.35. The lowest BCUT2D eigenvalue weighted by molar-refractivity contribution is -0.167. The normalized spacial score (nSPS) is 13.0. The van der Waals surface area contributed by atoms with Crippen molar-refractivity contribution in [1.82, 2.24) is 0 Å². The molecule has 0 heterocycles. The zero-order valence-corrected chi connectivity index (χ0v) is 44.5. The van der Waals surface area contributed by atoms with Crippen LogP contribution in [0.3, 0.4) is 0 Å². The van der Waals surface area contributed by atoms with Crippen molar-refractivity contribution in [3.05, 3.63) is 122 Å². The van der Waals surface area contributed by atoms with Gasteiger partial charge in [0.25, 0.3) is 0 Å². The third-order valence-corrected chi connectivity index (χ3v) is 11.5. The van der Waals surface area contributed by atoms with Crippen LogP contribution in [0.1, 0.15) is 239 Å². The molecule has 0 aliphatic rings. The van der Waals surface area contributed by atoms with Crippen LogP contribution in [0.25, 0.3) is 0 Å². The van der Waals surface area contributed by atoms with Gasteiger partial charge in [-0.25, -0.2) is 0 Å². The largest absolute Gasteiger partial charge is 0.462 e. The number of allylic oxidation sites excluding steroid dienone is 20. The Bertz CT molecular complexity index is 1470. The highest BCUT2D eigenvalue weighted by Gasteiger charge is 2.19. The molecule has 0 rings (SSSR count). The highest BCUT2D eigenvalue weighted by molar-refractivity contribution is 5.71. The van der Waals surface area contributed by atoms with E-state index in [1.165, 1.54) is 51.4 Å². The second-order valence-corrected chi connectivity index (χ2v) is 18.1. The van der Waals surface area contributed by atoms with E-state index >= 15 is 0 Å². The molecule has 0 saturated heterocycles. The van der Waals surface area contributed by atoms with E-state index in [-0.39, 0.29) is 31.1 Å². The molecule has 0 aromatic rings. The van der Waals surface area contributed by atoms with Gasteiger partial charge in [-0.05, 0) is 109 Å². The molecule has 6 heteroatoms. The van der Waals surface area contributed by atoms with Crippen molar-refractivity contribution in [2.75, 3.05) is 13.2 Å². The van der Waals surface area contributed by atoms with Gasteiger partial charge in [-0.1, -0.05) is 232 Å². The Hall–Kier alpha value is -4.19. The zero-order valence-electron chi connectivity index (χ0n) is 44.5. The van der Waals surface area contributed by atoms with Gasteiger partial charge in [0.2, 0.25) is 0 Å². The molecule has 0 aliphatic carbocycles.